The minimum absolute atomic E-state index is 0.0141. The summed E-state index contributed by atoms with van der Waals surface area (Å²) in [6.45, 7) is 1.84. The van der Waals surface area contributed by atoms with E-state index in [-0.39, 0.29) is 33.9 Å². The van der Waals surface area contributed by atoms with Crippen LogP contribution in [0.15, 0.2) is 95.5 Å². The monoisotopic (exact) mass is 556 g/mol. The second-order valence-electron chi connectivity index (χ2n) is 8.77. The third kappa shape index (κ3) is 5.13. The van der Waals surface area contributed by atoms with Gasteiger partial charge in [0, 0.05) is 10.7 Å². The number of hydrogen-bond acceptors (Lipinski definition) is 8. The Morgan fingerprint density at radius 1 is 0.975 bits per heavy atom. The highest BCUT2D eigenvalue weighted by Crippen LogP contribution is 2.44. The summed E-state index contributed by atoms with van der Waals surface area (Å²) in [6.07, 6.45) is 0. The molecule has 0 bridgehead atoms. The number of aryl methyl sites for hydroxylation is 1. The molecule has 3 aromatic carbocycles. The lowest BCUT2D eigenvalue weighted by atomic mass is 9.80. The van der Waals surface area contributed by atoms with Crippen LogP contribution in [-0.4, -0.2) is 32.1 Å². The molecule has 40 heavy (non-hydrogen) atoms. The van der Waals surface area contributed by atoms with Gasteiger partial charge < -0.3 is 20.5 Å². The molecule has 202 valence electrons. The fourth-order valence-corrected chi connectivity index (χ4v) is 4.67. The molecule has 9 nitrogen and oxygen atoms in total. The van der Waals surface area contributed by atoms with Gasteiger partial charge in [-0.25, -0.2) is 9.59 Å². The van der Waals surface area contributed by atoms with E-state index in [1.54, 1.807) is 66.7 Å². The largest absolute Gasteiger partial charge is 0.466 e. The lowest BCUT2D eigenvalue weighted by Gasteiger charge is -2.36. The topological polar surface area (TPSA) is 135 Å². The van der Waals surface area contributed by atoms with Crippen molar-refractivity contribution in [2.24, 2.45) is 5.73 Å². The van der Waals surface area contributed by atoms with E-state index in [1.165, 1.54) is 18.1 Å². The molecule has 0 fully saturated rings. The van der Waals surface area contributed by atoms with Crippen LogP contribution < -0.4 is 16.0 Å². The second-order valence-corrected chi connectivity index (χ2v) is 9.18. The van der Waals surface area contributed by atoms with Crippen LogP contribution in [0.2, 0.25) is 5.02 Å². The van der Waals surface area contributed by atoms with E-state index in [9.17, 15) is 19.6 Å². The fraction of sp³-hybridized carbons (Fsp3) is 0.133. The Labute approximate surface area is 236 Å². The van der Waals surface area contributed by atoms with E-state index >= 15 is 0 Å². The number of carbonyl (C=O) groups excluding carboxylic acids is 3. The number of amides is 1. The normalized spacial score (nSPS) is 14.9. The van der Waals surface area contributed by atoms with Crippen LogP contribution in [0.5, 0.6) is 0 Å². The van der Waals surface area contributed by atoms with Crippen molar-refractivity contribution in [3.8, 4) is 6.07 Å². The summed E-state index contributed by atoms with van der Waals surface area (Å²) in [5, 5.41) is 13.5. The van der Waals surface area contributed by atoms with Crippen molar-refractivity contribution in [2.45, 2.75) is 12.8 Å². The maximum Gasteiger partial charge on any atom is 0.355 e. The number of nitrogens with one attached hydrogen (secondary N) is 1. The predicted octanol–water partition coefficient (Wildman–Crippen LogP) is 4.80. The molecule has 0 spiro atoms. The summed E-state index contributed by atoms with van der Waals surface area (Å²) in [6, 6.07) is 22.1. The summed E-state index contributed by atoms with van der Waals surface area (Å²) in [5.74, 6) is -3.50. The highest BCUT2D eigenvalue weighted by molar-refractivity contribution is 6.31. The van der Waals surface area contributed by atoms with Gasteiger partial charge in [0.1, 0.15) is 11.5 Å². The zero-order chi connectivity index (χ0) is 29.0. The second kappa shape index (κ2) is 11.8. The highest BCUT2D eigenvalue weighted by atomic mass is 35.5. The van der Waals surface area contributed by atoms with Crippen LogP contribution in [0.25, 0.3) is 0 Å². The number of methoxy groups -OCH3 is 2. The number of benzene rings is 3. The van der Waals surface area contributed by atoms with Crippen LogP contribution in [0.1, 0.15) is 27.4 Å². The summed E-state index contributed by atoms with van der Waals surface area (Å²) in [7, 11) is 2.32. The number of rotatable bonds is 6. The Balaban J connectivity index is 1.96. The van der Waals surface area contributed by atoms with Gasteiger partial charge in [0.05, 0.1) is 48.6 Å². The van der Waals surface area contributed by atoms with Crippen molar-refractivity contribution in [3.05, 3.63) is 117 Å². The first kappa shape index (κ1) is 28.0. The van der Waals surface area contributed by atoms with Gasteiger partial charge in [0.25, 0.3) is 5.91 Å². The SMILES string of the molecule is COC(=O)C1=C(C(=O)OC)N(c2ccccc2C(=O)Nc2ccc(C)c(Cl)c2)C(N)=C(C#N)C1c1ccccc1. The Bertz CT molecular complexity index is 1610. The number of nitriles is 1. The molecule has 4 rings (SSSR count). The summed E-state index contributed by atoms with van der Waals surface area (Å²) in [5.41, 5.74) is 8.18. The van der Waals surface area contributed by atoms with Crippen LogP contribution >= 0.6 is 11.6 Å². The zero-order valence-corrected chi connectivity index (χ0v) is 22.7. The van der Waals surface area contributed by atoms with Crippen molar-refractivity contribution in [1.82, 2.24) is 0 Å². The smallest absolute Gasteiger partial charge is 0.355 e. The van der Waals surface area contributed by atoms with Gasteiger partial charge in [-0.2, -0.15) is 5.26 Å². The van der Waals surface area contributed by atoms with Crippen LogP contribution in [0.3, 0.4) is 0 Å². The van der Waals surface area contributed by atoms with Crippen molar-refractivity contribution >= 4 is 40.8 Å². The van der Waals surface area contributed by atoms with Crippen molar-refractivity contribution in [3.63, 3.8) is 0 Å². The Hall–Kier alpha value is -5.07. The van der Waals surface area contributed by atoms with Gasteiger partial charge in [0.2, 0.25) is 0 Å². The molecule has 0 aliphatic carbocycles. The van der Waals surface area contributed by atoms with Gasteiger partial charge in [-0.3, -0.25) is 9.69 Å². The maximum absolute atomic E-state index is 13.5. The molecule has 3 aromatic rings. The molecule has 0 radical (unpaired) electrons. The van der Waals surface area contributed by atoms with Crippen LogP contribution in [0, 0.1) is 18.3 Å². The third-order valence-corrected chi connectivity index (χ3v) is 6.84. The number of ether oxygens (including phenoxy) is 2. The summed E-state index contributed by atoms with van der Waals surface area (Å²) in [4.78, 5) is 41.3. The van der Waals surface area contributed by atoms with Gasteiger partial charge >= 0.3 is 11.9 Å². The Morgan fingerprint density at radius 2 is 1.62 bits per heavy atom. The number of carbonyl (C=O) groups is 3. The minimum atomic E-state index is -1.03. The first-order valence-electron chi connectivity index (χ1n) is 12.1. The summed E-state index contributed by atoms with van der Waals surface area (Å²) < 4.78 is 10.1. The molecular weight excluding hydrogens is 532 g/mol. The molecule has 1 unspecified atom stereocenters. The lowest BCUT2D eigenvalue weighted by Crippen LogP contribution is -2.41. The predicted molar refractivity (Wildman–Crippen MR) is 150 cm³/mol. The maximum atomic E-state index is 13.5. The van der Waals surface area contributed by atoms with Gasteiger partial charge in [-0.05, 0) is 42.3 Å². The number of halogens is 1. The molecule has 0 saturated carbocycles. The van der Waals surface area contributed by atoms with E-state index in [1.807, 2.05) is 6.92 Å². The van der Waals surface area contributed by atoms with E-state index < -0.39 is 23.8 Å². The van der Waals surface area contributed by atoms with Gasteiger partial charge in [-0.15, -0.1) is 0 Å². The van der Waals surface area contributed by atoms with E-state index in [0.717, 1.165) is 12.7 Å². The number of esters is 2. The number of para-hydroxylation sites is 1. The molecule has 1 aliphatic rings. The quantitative estimate of drug-likeness (QED) is 0.413. The number of anilines is 2. The van der Waals surface area contributed by atoms with E-state index in [4.69, 9.17) is 26.8 Å². The first-order chi connectivity index (χ1) is 19.2. The highest BCUT2D eigenvalue weighted by Gasteiger charge is 2.43. The van der Waals surface area contributed by atoms with Crippen molar-refractivity contribution in [1.29, 1.82) is 5.26 Å². The van der Waals surface area contributed by atoms with Crippen molar-refractivity contribution in [2.75, 3.05) is 24.4 Å². The van der Waals surface area contributed by atoms with Gasteiger partial charge in [-0.1, -0.05) is 60.1 Å². The molecule has 0 aromatic heterocycles. The number of nitrogens with zero attached hydrogens (tertiary/aromatic N) is 2. The van der Waals surface area contributed by atoms with E-state index in [0.29, 0.717) is 16.3 Å². The molecule has 1 aliphatic heterocycles. The van der Waals surface area contributed by atoms with E-state index in [2.05, 4.69) is 11.4 Å². The number of allylic oxidation sites excluding steroid dienone is 1. The molecule has 1 amide bonds. The van der Waals surface area contributed by atoms with Crippen LogP contribution in [-0.2, 0) is 19.1 Å². The Morgan fingerprint density at radius 3 is 2.25 bits per heavy atom. The molecule has 3 N–H and O–H groups in total. The molecular formula is C30H25ClN4O5. The van der Waals surface area contributed by atoms with Crippen molar-refractivity contribution < 1.29 is 23.9 Å². The summed E-state index contributed by atoms with van der Waals surface area (Å²) >= 11 is 6.23. The standard InChI is InChI=1S/C30H25ClN4O5/c1-17-13-14-19(15-22(17)31)34-28(36)20-11-7-8-12-23(20)35-26(30(38)40-3)25(29(37)39-2)24(21(16-32)27(35)33)18-9-5-4-6-10-18/h4-15,24H,33H2,1-3H3,(H,34,36). The van der Waals surface area contributed by atoms with Gasteiger partial charge in [0.15, 0.2) is 0 Å². The fourth-order valence-electron chi connectivity index (χ4n) is 4.49. The average Bonchev–Trinajstić information content (AvgIpc) is 2.97. The lowest BCUT2D eigenvalue weighted by molar-refractivity contribution is -0.139. The minimum Gasteiger partial charge on any atom is -0.466 e. The zero-order valence-electron chi connectivity index (χ0n) is 21.9. The molecule has 10 heteroatoms. The first-order valence-corrected chi connectivity index (χ1v) is 12.4. The number of nitrogens with two attached hydrogens (primary N) is 1. The molecule has 0 saturated heterocycles. The molecule has 1 atom stereocenters. The average molecular weight is 557 g/mol. The number of hydrogen-bond donors (Lipinski definition) is 2. The Kier molecular flexibility index (Phi) is 8.22. The van der Waals surface area contributed by atoms with Crippen LogP contribution in [0.4, 0.5) is 11.4 Å². The molecule has 1 heterocycles. The third-order valence-electron chi connectivity index (χ3n) is 6.43.